The number of rotatable bonds is 4. The zero-order valence-electron chi connectivity index (χ0n) is 14.0. The number of halogens is 1. The van der Waals surface area contributed by atoms with Gasteiger partial charge in [-0.25, -0.2) is 9.78 Å². The van der Waals surface area contributed by atoms with Gasteiger partial charge < -0.3 is 5.11 Å². The average molecular weight is 377 g/mol. The Kier molecular flexibility index (Phi) is 4.67. The number of benzene rings is 1. The highest BCUT2D eigenvalue weighted by Gasteiger charge is 2.24. The van der Waals surface area contributed by atoms with Crippen molar-refractivity contribution >= 4 is 39.1 Å². The van der Waals surface area contributed by atoms with E-state index in [1.807, 2.05) is 26.0 Å². The third kappa shape index (κ3) is 2.96. The van der Waals surface area contributed by atoms with Crippen molar-refractivity contribution in [2.75, 3.05) is 0 Å². The van der Waals surface area contributed by atoms with Crippen LogP contribution in [0.4, 0.5) is 0 Å². The van der Waals surface area contributed by atoms with Crippen LogP contribution in [0.15, 0.2) is 29.1 Å². The fourth-order valence-electron chi connectivity index (χ4n) is 2.94. The predicted molar refractivity (Wildman–Crippen MR) is 101 cm³/mol. The summed E-state index contributed by atoms with van der Waals surface area (Å²) in [7, 11) is 0. The Morgan fingerprint density at radius 1 is 1.36 bits per heavy atom. The van der Waals surface area contributed by atoms with E-state index in [9.17, 15) is 14.7 Å². The van der Waals surface area contributed by atoms with E-state index in [4.69, 9.17) is 11.6 Å². The number of fused-ring (bicyclic) bond motifs is 1. The molecular formula is C18H17ClN2O3S. The van der Waals surface area contributed by atoms with Crippen molar-refractivity contribution in [1.29, 1.82) is 0 Å². The first kappa shape index (κ1) is 17.6. The van der Waals surface area contributed by atoms with Gasteiger partial charge in [0.25, 0.3) is 5.56 Å². The Morgan fingerprint density at radius 3 is 2.56 bits per heavy atom. The van der Waals surface area contributed by atoms with Gasteiger partial charge in [0.15, 0.2) is 0 Å². The Hall–Kier alpha value is -2.18. The van der Waals surface area contributed by atoms with E-state index in [2.05, 4.69) is 4.98 Å². The van der Waals surface area contributed by atoms with Crippen LogP contribution >= 0.6 is 22.9 Å². The first-order chi connectivity index (χ1) is 11.8. The lowest BCUT2D eigenvalue weighted by molar-refractivity contribution is -0.140. The largest absolute Gasteiger partial charge is 0.480 e. The first-order valence-electron chi connectivity index (χ1n) is 7.88. The number of nitrogens with zero attached hydrogens (tertiary/aromatic N) is 2. The van der Waals surface area contributed by atoms with Crippen LogP contribution in [0.1, 0.15) is 30.6 Å². The lowest BCUT2D eigenvalue weighted by atomic mass is 10.0. The molecule has 0 amide bonds. The average Bonchev–Trinajstić information content (AvgIpc) is 2.91. The second-order valence-corrected chi connectivity index (χ2v) is 7.43. The van der Waals surface area contributed by atoms with Gasteiger partial charge in [0.2, 0.25) is 0 Å². The van der Waals surface area contributed by atoms with Gasteiger partial charge in [-0.15, -0.1) is 11.3 Å². The number of aromatic nitrogens is 2. The topological polar surface area (TPSA) is 72.2 Å². The highest BCUT2D eigenvalue weighted by atomic mass is 35.5. The van der Waals surface area contributed by atoms with Crippen molar-refractivity contribution in [2.45, 2.75) is 33.2 Å². The molecule has 0 fully saturated rings. The third-order valence-corrected chi connectivity index (χ3v) is 5.45. The molecule has 0 saturated carbocycles. The monoisotopic (exact) mass is 376 g/mol. The Bertz CT molecular complexity index is 1020. The Morgan fingerprint density at radius 2 is 2.00 bits per heavy atom. The molecule has 0 spiro atoms. The lowest BCUT2D eigenvalue weighted by Gasteiger charge is -2.15. The van der Waals surface area contributed by atoms with Gasteiger partial charge in [-0.2, -0.15) is 0 Å². The van der Waals surface area contributed by atoms with Gasteiger partial charge in [-0.05, 0) is 31.5 Å². The highest BCUT2D eigenvalue weighted by molar-refractivity contribution is 7.19. The molecular weight excluding hydrogens is 360 g/mol. The summed E-state index contributed by atoms with van der Waals surface area (Å²) < 4.78 is 1.29. The molecule has 0 aliphatic rings. The molecule has 5 nitrogen and oxygen atoms in total. The number of hydrogen-bond acceptors (Lipinski definition) is 4. The summed E-state index contributed by atoms with van der Waals surface area (Å²) in [4.78, 5) is 30.8. The van der Waals surface area contributed by atoms with Crippen LogP contribution in [0.25, 0.3) is 21.3 Å². The molecule has 0 bridgehead atoms. The maximum Gasteiger partial charge on any atom is 0.326 e. The molecule has 0 aliphatic heterocycles. The third-order valence-electron chi connectivity index (χ3n) is 4.20. The van der Waals surface area contributed by atoms with Crippen LogP contribution in [-0.4, -0.2) is 20.6 Å². The maximum absolute atomic E-state index is 13.2. The Balaban J connectivity index is 2.39. The molecule has 3 rings (SSSR count). The molecule has 0 aliphatic carbocycles. The number of carbonyl (C=O) groups is 1. The van der Waals surface area contributed by atoms with Crippen LogP contribution in [0.3, 0.4) is 0 Å². The molecule has 7 heteroatoms. The zero-order chi connectivity index (χ0) is 18.3. The minimum absolute atomic E-state index is 0.314. The summed E-state index contributed by atoms with van der Waals surface area (Å²) in [6, 6.07) is 6.28. The fourth-order valence-corrected chi connectivity index (χ4v) is 4.12. The molecule has 0 radical (unpaired) electrons. The summed E-state index contributed by atoms with van der Waals surface area (Å²) in [6.45, 7) is 5.29. The molecule has 1 atom stereocenters. The van der Waals surface area contributed by atoms with E-state index in [0.717, 1.165) is 16.0 Å². The van der Waals surface area contributed by atoms with Crippen LogP contribution < -0.4 is 5.56 Å². The van der Waals surface area contributed by atoms with E-state index in [-0.39, 0.29) is 5.56 Å². The van der Waals surface area contributed by atoms with Crippen LogP contribution in [0.5, 0.6) is 0 Å². The standard InChI is InChI=1S/C18H17ClN2O3S/c1-4-13-20-16-15(17(22)21(13)9(2)18(23)24)14(10(3)25-16)11-5-7-12(19)8-6-11/h5-9H,4H2,1-3H3,(H,23,24). The van der Waals surface area contributed by atoms with Gasteiger partial charge >= 0.3 is 5.97 Å². The summed E-state index contributed by atoms with van der Waals surface area (Å²) in [5, 5.41) is 10.5. The van der Waals surface area contributed by atoms with E-state index >= 15 is 0 Å². The van der Waals surface area contributed by atoms with E-state index in [1.165, 1.54) is 22.8 Å². The second kappa shape index (κ2) is 6.61. The van der Waals surface area contributed by atoms with Crippen LogP contribution in [0, 0.1) is 6.92 Å². The molecule has 1 N–H and O–H groups in total. The number of aryl methyl sites for hydroxylation is 2. The molecule has 25 heavy (non-hydrogen) atoms. The quantitative estimate of drug-likeness (QED) is 0.737. The number of aliphatic carboxylic acids is 1. The van der Waals surface area contributed by atoms with Gasteiger partial charge in [-0.1, -0.05) is 30.7 Å². The molecule has 0 saturated heterocycles. The fraction of sp³-hybridized carbons (Fsp3) is 0.278. The normalized spacial score (nSPS) is 12.5. The minimum atomic E-state index is -1.06. The first-order valence-corrected chi connectivity index (χ1v) is 9.07. The van der Waals surface area contributed by atoms with Gasteiger partial charge in [0, 0.05) is 21.9 Å². The molecule has 3 aromatic rings. The Labute approximate surface area is 153 Å². The lowest BCUT2D eigenvalue weighted by Crippen LogP contribution is -2.31. The summed E-state index contributed by atoms with van der Waals surface area (Å²) in [5.74, 6) is -0.575. The second-order valence-electron chi connectivity index (χ2n) is 5.79. The van der Waals surface area contributed by atoms with E-state index in [0.29, 0.717) is 27.5 Å². The van der Waals surface area contributed by atoms with Crippen molar-refractivity contribution in [3.8, 4) is 11.1 Å². The van der Waals surface area contributed by atoms with Gasteiger partial charge in [0.1, 0.15) is 16.7 Å². The highest BCUT2D eigenvalue weighted by Crippen LogP contribution is 2.36. The number of carboxylic acids is 1. The van der Waals surface area contributed by atoms with Crippen molar-refractivity contribution in [2.24, 2.45) is 0 Å². The number of thiophene rings is 1. The summed E-state index contributed by atoms with van der Waals surface area (Å²) in [5.41, 5.74) is 1.35. The van der Waals surface area contributed by atoms with Gasteiger partial charge in [-0.3, -0.25) is 9.36 Å². The number of carboxylic acid groups (broad SMARTS) is 1. The van der Waals surface area contributed by atoms with Crippen molar-refractivity contribution in [3.63, 3.8) is 0 Å². The number of hydrogen-bond donors (Lipinski definition) is 1. The molecule has 2 heterocycles. The predicted octanol–water partition coefficient (Wildman–Crippen LogP) is 4.29. The van der Waals surface area contributed by atoms with Crippen LogP contribution in [0.2, 0.25) is 5.02 Å². The van der Waals surface area contributed by atoms with Crippen molar-refractivity contribution in [3.05, 3.63) is 50.3 Å². The molecule has 1 aromatic carbocycles. The minimum Gasteiger partial charge on any atom is -0.480 e. The van der Waals surface area contributed by atoms with Crippen molar-refractivity contribution in [1.82, 2.24) is 9.55 Å². The molecule has 2 aromatic heterocycles. The van der Waals surface area contributed by atoms with Crippen LogP contribution in [-0.2, 0) is 11.2 Å². The molecule has 1 unspecified atom stereocenters. The zero-order valence-corrected chi connectivity index (χ0v) is 15.6. The SMILES string of the molecule is CCc1nc2sc(C)c(-c3ccc(Cl)cc3)c2c(=O)n1C(C)C(=O)O. The summed E-state index contributed by atoms with van der Waals surface area (Å²) in [6.07, 6.45) is 0.482. The molecule has 130 valence electrons. The van der Waals surface area contributed by atoms with E-state index in [1.54, 1.807) is 12.1 Å². The van der Waals surface area contributed by atoms with Gasteiger partial charge in [0.05, 0.1) is 5.39 Å². The maximum atomic E-state index is 13.2. The van der Waals surface area contributed by atoms with E-state index < -0.39 is 12.0 Å². The smallest absolute Gasteiger partial charge is 0.326 e. The summed E-state index contributed by atoms with van der Waals surface area (Å²) >= 11 is 7.41. The van der Waals surface area contributed by atoms with Crippen molar-refractivity contribution < 1.29 is 9.90 Å².